The Kier molecular flexibility index (Phi) is 5.43. The summed E-state index contributed by atoms with van der Waals surface area (Å²) in [6.07, 6.45) is 1.76. The largest absolute Gasteiger partial charge is 0.465 e. The van der Waals surface area contributed by atoms with Gasteiger partial charge in [-0.3, -0.25) is 5.32 Å². The first-order valence-corrected chi connectivity index (χ1v) is 5.79. The molecule has 0 aliphatic heterocycles. The standard InChI is InChI=1S/C14H19NO2/c1-4-11(3)15-13(14(16)17-5-2)12-9-7-6-8-10-12/h4,6-11,13,15H,1,5H2,2-3H3. The predicted octanol–water partition coefficient (Wildman–Crippen LogP) is 2.45. The Morgan fingerprint density at radius 2 is 2.12 bits per heavy atom. The average Bonchev–Trinajstić information content (AvgIpc) is 2.36. The van der Waals surface area contributed by atoms with E-state index in [2.05, 4.69) is 11.9 Å². The average molecular weight is 233 g/mol. The van der Waals surface area contributed by atoms with Crippen LogP contribution < -0.4 is 5.32 Å². The van der Waals surface area contributed by atoms with Crippen LogP contribution in [0.15, 0.2) is 43.0 Å². The van der Waals surface area contributed by atoms with Crippen LogP contribution in [-0.2, 0) is 9.53 Å². The van der Waals surface area contributed by atoms with Gasteiger partial charge in [-0.2, -0.15) is 0 Å². The summed E-state index contributed by atoms with van der Waals surface area (Å²) in [4.78, 5) is 11.9. The maximum absolute atomic E-state index is 11.9. The molecule has 0 aliphatic carbocycles. The van der Waals surface area contributed by atoms with E-state index in [4.69, 9.17) is 4.74 Å². The number of ether oxygens (including phenoxy) is 1. The van der Waals surface area contributed by atoms with Gasteiger partial charge in [0.05, 0.1) is 6.61 Å². The third-order valence-electron chi connectivity index (χ3n) is 2.44. The van der Waals surface area contributed by atoms with Gasteiger partial charge in [0.25, 0.3) is 0 Å². The number of rotatable bonds is 6. The maximum atomic E-state index is 11.9. The second-order valence-electron chi connectivity index (χ2n) is 3.79. The Balaban J connectivity index is 2.86. The molecule has 0 heterocycles. The molecule has 0 spiro atoms. The summed E-state index contributed by atoms with van der Waals surface area (Å²) >= 11 is 0. The first kappa shape index (κ1) is 13.5. The summed E-state index contributed by atoms with van der Waals surface area (Å²) in [5, 5.41) is 3.17. The van der Waals surface area contributed by atoms with Crippen LogP contribution in [-0.4, -0.2) is 18.6 Å². The minimum absolute atomic E-state index is 0.0459. The quantitative estimate of drug-likeness (QED) is 0.606. The lowest BCUT2D eigenvalue weighted by atomic mass is 10.1. The van der Waals surface area contributed by atoms with E-state index in [-0.39, 0.29) is 12.0 Å². The highest BCUT2D eigenvalue weighted by Crippen LogP contribution is 2.15. The van der Waals surface area contributed by atoms with Gasteiger partial charge >= 0.3 is 5.97 Å². The number of hydrogen-bond donors (Lipinski definition) is 1. The second-order valence-corrected chi connectivity index (χ2v) is 3.79. The minimum Gasteiger partial charge on any atom is -0.465 e. The van der Waals surface area contributed by atoms with Crippen LogP contribution in [0.1, 0.15) is 25.5 Å². The van der Waals surface area contributed by atoms with Crippen LogP contribution >= 0.6 is 0 Å². The Morgan fingerprint density at radius 1 is 1.47 bits per heavy atom. The van der Waals surface area contributed by atoms with Gasteiger partial charge in [0.15, 0.2) is 0 Å². The van der Waals surface area contributed by atoms with Crippen molar-refractivity contribution in [2.45, 2.75) is 25.9 Å². The van der Waals surface area contributed by atoms with E-state index >= 15 is 0 Å². The Bertz CT molecular complexity index is 362. The van der Waals surface area contributed by atoms with Crippen LogP contribution in [0.3, 0.4) is 0 Å². The van der Waals surface area contributed by atoms with Gasteiger partial charge in [-0.05, 0) is 19.4 Å². The van der Waals surface area contributed by atoms with E-state index < -0.39 is 6.04 Å². The third kappa shape index (κ3) is 4.04. The molecule has 2 unspecified atom stereocenters. The van der Waals surface area contributed by atoms with E-state index in [1.807, 2.05) is 37.3 Å². The predicted molar refractivity (Wildman–Crippen MR) is 68.6 cm³/mol. The fourth-order valence-corrected chi connectivity index (χ4v) is 1.50. The van der Waals surface area contributed by atoms with Gasteiger partial charge in [0, 0.05) is 6.04 Å². The second kappa shape index (κ2) is 6.86. The molecule has 0 saturated carbocycles. The van der Waals surface area contributed by atoms with Crippen molar-refractivity contribution >= 4 is 5.97 Å². The summed E-state index contributed by atoms with van der Waals surface area (Å²) in [6, 6.07) is 9.15. The van der Waals surface area contributed by atoms with Crippen molar-refractivity contribution in [2.24, 2.45) is 0 Å². The zero-order valence-electron chi connectivity index (χ0n) is 10.3. The number of carbonyl (C=O) groups excluding carboxylic acids is 1. The van der Waals surface area contributed by atoms with E-state index in [9.17, 15) is 4.79 Å². The molecule has 0 amide bonds. The summed E-state index contributed by atoms with van der Waals surface area (Å²) in [5.41, 5.74) is 0.902. The lowest BCUT2D eigenvalue weighted by Gasteiger charge is -2.20. The van der Waals surface area contributed by atoms with Crippen molar-refractivity contribution in [3.05, 3.63) is 48.6 Å². The summed E-state index contributed by atoms with van der Waals surface area (Å²) in [6.45, 7) is 7.83. The fourth-order valence-electron chi connectivity index (χ4n) is 1.50. The van der Waals surface area contributed by atoms with E-state index in [0.29, 0.717) is 6.61 Å². The molecule has 1 rings (SSSR count). The number of benzene rings is 1. The van der Waals surface area contributed by atoms with Crippen LogP contribution in [0, 0.1) is 0 Å². The molecule has 0 saturated heterocycles. The minimum atomic E-state index is -0.441. The molecule has 2 atom stereocenters. The van der Waals surface area contributed by atoms with Crippen molar-refractivity contribution in [3.63, 3.8) is 0 Å². The molecule has 0 aliphatic rings. The molecule has 17 heavy (non-hydrogen) atoms. The zero-order chi connectivity index (χ0) is 12.7. The fraction of sp³-hybridized carbons (Fsp3) is 0.357. The van der Waals surface area contributed by atoms with Crippen LogP contribution in [0.25, 0.3) is 0 Å². The normalized spacial score (nSPS) is 13.8. The van der Waals surface area contributed by atoms with Gasteiger partial charge < -0.3 is 4.74 Å². The van der Waals surface area contributed by atoms with E-state index in [1.165, 1.54) is 0 Å². The van der Waals surface area contributed by atoms with Crippen molar-refractivity contribution in [1.29, 1.82) is 0 Å². The SMILES string of the molecule is C=CC(C)NC(C(=O)OCC)c1ccccc1. The summed E-state index contributed by atoms with van der Waals surface area (Å²) in [5.74, 6) is -0.257. The lowest BCUT2D eigenvalue weighted by molar-refractivity contribution is -0.146. The Labute approximate surface area is 102 Å². The molecule has 92 valence electrons. The molecule has 3 heteroatoms. The number of esters is 1. The first-order valence-electron chi connectivity index (χ1n) is 5.79. The van der Waals surface area contributed by atoms with Crippen molar-refractivity contribution in [3.8, 4) is 0 Å². The van der Waals surface area contributed by atoms with Crippen LogP contribution in [0.4, 0.5) is 0 Å². The molecule has 1 aromatic carbocycles. The van der Waals surface area contributed by atoms with Crippen molar-refractivity contribution in [1.82, 2.24) is 5.32 Å². The highest BCUT2D eigenvalue weighted by atomic mass is 16.5. The van der Waals surface area contributed by atoms with Crippen LogP contribution in [0.5, 0.6) is 0 Å². The third-order valence-corrected chi connectivity index (χ3v) is 2.44. The molecule has 0 fully saturated rings. The number of hydrogen-bond acceptors (Lipinski definition) is 3. The Hall–Kier alpha value is -1.61. The molecule has 1 aromatic rings. The maximum Gasteiger partial charge on any atom is 0.327 e. The van der Waals surface area contributed by atoms with Crippen molar-refractivity contribution in [2.75, 3.05) is 6.61 Å². The van der Waals surface area contributed by atoms with Crippen molar-refractivity contribution < 1.29 is 9.53 Å². The highest BCUT2D eigenvalue weighted by Gasteiger charge is 2.22. The first-order chi connectivity index (χ1) is 8.19. The van der Waals surface area contributed by atoms with Crippen LogP contribution in [0.2, 0.25) is 0 Å². The number of nitrogens with one attached hydrogen (secondary N) is 1. The van der Waals surface area contributed by atoms with Gasteiger partial charge in [0.2, 0.25) is 0 Å². The summed E-state index contributed by atoms with van der Waals surface area (Å²) in [7, 11) is 0. The van der Waals surface area contributed by atoms with E-state index in [1.54, 1.807) is 13.0 Å². The van der Waals surface area contributed by atoms with Gasteiger partial charge in [-0.25, -0.2) is 4.79 Å². The van der Waals surface area contributed by atoms with E-state index in [0.717, 1.165) is 5.56 Å². The number of carbonyl (C=O) groups is 1. The molecule has 1 N–H and O–H groups in total. The van der Waals surface area contributed by atoms with Gasteiger partial charge in [-0.1, -0.05) is 36.4 Å². The molecule has 0 aromatic heterocycles. The molecule has 3 nitrogen and oxygen atoms in total. The molecular weight excluding hydrogens is 214 g/mol. The monoisotopic (exact) mass is 233 g/mol. The topological polar surface area (TPSA) is 38.3 Å². The molecule has 0 bridgehead atoms. The molecular formula is C14H19NO2. The Morgan fingerprint density at radius 3 is 2.65 bits per heavy atom. The zero-order valence-corrected chi connectivity index (χ0v) is 10.3. The lowest BCUT2D eigenvalue weighted by Crippen LogP contribution is -2.35. The smallest absolute Gasteiger partial charge is 0.327 e. The molecule has 0 radical (unpaired) electrons. The van der Waals surface area contributed by atoms with Gasteiger partial charge in [-0.15, -0.1) is 6.58 Å². The summed E-state index contributed by atoms with van der Waals surface area (Å²) < 4.78 is 5.07. The highest BCUT2D eigenvalue weighted by molar-refractivity contribution is 5.77. The van der Waals surface area contributed by atoms with Gasteiger partial charge in [0.1, 0.15) is 6.04 Å².